The van der Waals surface area contributed by atoms with E-state index in [-0.39, 0.29) is 11.7 Å². The van der Waals surface area contributed by atoms with E-state index < -0.39 is 5.97 Å². The highest BCUT2D eigenvalue weighted by atomic mass is 32.2. The summed E-state index contributed by atoms with van der Waals surface area (Å²) >= 11 is 2.72. The van der Waals surface area contributed by atoms with Crippen LogP contribution in [-0.2, 0) is 23.0 Å². The molecule has 3 rings (SSSR count). The quantitative estimate of drug-likeness (QED) is 0.444. The Morgan fingerprint density at radius 2 is 2.07 bits per heavy atom. The van der Waals surface area contributed by atoms with Gasteiger partial charge in [-0.05, 0) is 32.3 Å². The Balaban J connectivity index is 1.51. The summed E-state index contributed by atoms with van der Waals surface area (Å²) in [4.78, 5) is 25.5. The SMILES string of the molecule is CCOC(=O)c1cc(C)sc1NC(=O)CSc1nnc(CCC2CCCCC2)n1C. The predicted molar refractivity (Wildman–Crippen MR) is 120 cm³/mol. The summed E-state index contributed by atoms with van der Waals surface area (Å²) in [5.74, 6) is 1.38. The van der Waals surface area contributed by atoms with Gasteiger partial charge in [0.2, 0.25) is 5.91 Å². The van der Waals surface area contributed by atoms with Crippen molar-refractivity contribution in [1.29, 1.82) is 0 Å². The van der Waals surface area contributed by atoms with Gasteiger partial charge >= 0.3 is 5.97 Å². The fourth-order valence-electron chi connectivity index (χ4n) is 3.76. The van der Waals surface area contributed by atoms with Crippen LogP contribution in [0.2, 0.25) is 0 Å². The van der Waals surface area contributed by atoms with Gasteiger partial charge in [0.1, 0.15) is 10.8 Å². The van der Waals surface area contributed by atoms with E-state index in [1.165, 1.54) is 55.2 Å². The van der Waals surface area contributed by atoms with E-state index in [0.29, 0.717) is 17.2 Å². The monoisotopic (exact) mass is 450 g/mol. The van der Waals surface area contributed by atoms with E-state index in [1.54, 1.807) is 13.0 Å². The van der Waals surface area contributed by atoms with Crippen LogP contribution in [0.4, 0.5) is 5.00 Å². The van der Waals surface area contributed by atoms with E-state index in [9.17, 15) is 9.59 Å². The highest BCUT2D eigenvalue weighted by Gasteiger charge is 2.19. The van der Waals surface area contributed by atoms with Crippen molar-refractivity contribution < 1.29 is 14.3 Å². The molecule has 0 bridgehead atoms. The largest absolute Gasteiger partial charge is 0.462 e. The minimum absolute atomic E-state index is 0.181. The molecule has 0 spiro atoms. The van der Waals surface area contributed by atoms with E-state index in [0.717, 1.165) is 34.6 Å². The maximum absolute atomic E-state index is 12.4. The number of amides is 1. The summed E-state index contributed by atoms with van der Waals surface area (Å²) in [6.07, 6.45) is 8.81. The van der Waals surface area contributed by atoms with Crippen molar-refractivity contribution in [3.8, 4) is 0 Å². The number of anilines is 1. The van der Waals surface area contributed by atoms with Crippen LogP contribution in [0.5, 0.6) is 0 Å². The first-order valence-electron chi connectivity index (χ1n) is 10.6. The number of thioether (sulfide) groups is 1. The molecule has 7 nitrogen and oxygen atoms in total. The molecule has 2 aromatic rings. The molecule has 0 aliphatic heterocycles. The van der Waals surface area contributed by atoms with Gasteiger partial charge in [-0.2, -0.15) is 0 Å². The Hall–Kier alpha value is -1.87. The molecule has 1 fully saturated rings. The van der Waals surface area contributed by atoms with Crippen LogP contribution in [0, 0.1) is 12.8 Å². The van der Waals surface area contributed by atoms with Crippen LogP contribution in [0.15, 0.2) is 11.2 Å². The number of nitrogens with one attached hydrogen (secondary N) is 1. The van der Waals surface area contributed by atoms with Crippen LogP contribution in [0.3, 0.4) is 0 Å². The Morgan fingerprint density at radius 3 is 2.80 bits per heavy atom. The van der Waals surface area contributed by atoms with Crippen molar-refractivity contribution in [1.82, 2.24) is 14.8 Å². The number of nitrogens with zero attached hydrogens (tertiary/aromatic N) is 3. The van der Waals surface area contributed by atoms with Crippen LogP contribution in [-0.4, -0.2) is 39.0 Å². The van der Waals surface area contributed by atoms with Gasteiger partial charge in [0, 0.05) is 18.3 Å². The molecule has 30 heavy (non-hydrogen) atoms. The Morgan fingerprint density at radius 1 is 1.30 bits per heavy atom. The molecule has 2 aromatic heterocycles. The molecule has 0 radical (unpaired) electrons. The minimum atomic E-state index is -0.416. The Kier molecular flexibility index (Phi) is 8.32. The molecule has 0 atom stereocenters. The maximum Gasteiger partial charge on any atom is 0.341 e. The third kappa shape index (κ3) is 6.07. The van der Waals surface area contributed by atoms with Gasteiger partial charge in [-0.3, -0.25) is 4.79 Å². The molecule has 1 N–H and O–H groups in total. The van der Waals surface area contributed by atoms with Gasteiger partial charge in [-0.1, -0.05) is 43.9 Å². The van der Waals surface area contributed by atoms with Crippen LogP contribution in [0.25, 0.3) is 0 Å². The van der Waals surface area contributed by atoms with Crippen molar-refractivity contribution in [3.63, 3.8) is 0 Å². The second kappa shape index (κ2) is 10.9. The van der Waals surface area contributed by atoms with Crippen molar-refractivity contribution in [3.05, 3.63) is 22.3 Å². The zero-order valence-corrected chi connectivity index (χ0v) is 19.5. The van der Waals surface area contributed by atoms with Crippen LogP contribution in [0.1, 0.15) is 66.5 Å². The van der Waals surface area contributed by atoms with Crippen LogP contribution >= 0.6 is 23.1 Å². The summed E-state index contributed by atoms with van der Waals surface area (Å²) in [6.45, 7) is 3.95. The van der Waals surface area contributed by atoms with Crippen LogP contribution < -0.4 is 5.32 Å². The third-order valence-corrected chi connectivity index (χ3v) is 7.35. The van der Waals surface area contributed by atoms with Gasteiger partial charge in [0.25, 0.3) is 0 Å². The Labute approximate surface area is 186 Å². The summed E-state index contributed by atoms with van der Waals surface area (Å²) in [7, 11) is 1.96. The number of hydrogen-bond acceptors (Lipinski definition) is 7. The number of thiophene rings is 1. The molecule has 0 saturated heterocycles. The summed E-state index contributed by atoms with van der Waals surface area (Å²) in [5, 5.41) is 12.7. The molecule has 0 unspecified atom stereocenters. The van der Waals surface area contributed by atoms with Crippen molar-refractivity contribution in [2.24, 2.45) is 13.0 Å². The molecule has 2 heterocycles. The van der Waals surface area contributed by atoms with E-state index in [2.05, 4.69) is 15.5 Å². The fourth-order valence-corrected chi connectivity index (χ4v) is 5.40. The first-order chi connectivity index (χ1) is 14.5. The number of esters is 1. The average molecular weight is 451 g/mol. The number of aryl methyl sites for hydroxylation is 2. The smallest absolute Gasteiger partial charge is 0.341 e. The number of ether oxygens (including phenoxy) is 1. The molecular formula is C21H30N4O3S2. The van der Waals surface area contributed by atoms with Crippen molar-refractivity contribution >= 4 is 40.0 Å². The van der Waals surface area contributed by atoms with Gasteiger partial charge < -0.3 is 14.6 Å². The van der Waals surface area contributed by atoms with Gasteiger partial charge in [0.05, 0.1) is 17.9 Å². The third-order valence-electron chi connectivity index (χ3n) is 5.36. The molecule has 9 heteroatoms. The molecule has 1 aliphatic rings. The number of aromatic nitrogens is 3. The summed E-state index contributed by atoms with van der Waals surface area (Å²) < 4.78 is 7.05. The zero-order chi connectivity index (χ0) is 21.5. The highest BCUT2D eigenvalue weighted by molar-refractivity contribution is 7.99. The lowest BCUT2D eigenvalue weighted by Crippen LogP contribution is -2.16. The van der Waals surface area contributed by atoms with Gasteiger partial charge in [-0.25, -0.2) is 4.79 Å². The molecule has 1 aliphatic carbocycles. The standard InChI is InChI=1S/C21H30N4O3S2/c1-4-28-20(27)16-12-14(2)30-19(16)22-18(26)13-29-21-24-23-17(25(21)3)11-10-15-8-6-5-7-9-15/h12,15H,4-11,13H2,1-3H3,(H,22,26). The van der Waals surface area contributed by atoms with Crippen molar-refractivity contribution in [2.45, 2.75) is 63.9 Å². The molecule has 164 valence electrons. The average Bonchev–Trinajstić information content (AvgIpc) is 3.27. The number of carbonyl (C=O) groups is 2. The lowest BCUT2D eigenvalue weighted by molar-refractivity contribution is -0.113. The number of hydrogen-bond donors (Lipinski definition) is 1. The topological polar surface area (TPSA) is 86.1 Å². The Bertz CT molecular complexity index is 872. The first kappa shape index (κ1) is 22.8. The fraction of sp³-hybridized carbons (Fsp3) is 0.619. The molecule has 1 saturated carbocycles. The lowest BCUT2D eigenvalue weighted by Gasteiger charge is -2.20. The first-order valence-corrected chi connectivity index (χ1v) is 12.4. The van der Waals surface area contributed by atoms with Gasteiger partial charge in [0.15, 0.2) is 5.16 Å². The lowest BCUT2D eigenvalue weighted by atomic mass is 9.86. The predicted octanol–water partition coefficient (Wildman–Crippen LogP) is 4.61. The second-order valence-corrected chi connectivity index (χ2v) is 9.86. The van der Waals surface area contributed by atoms with Gasteiger partial charge in [-0.15, -0.1) is 21.5 Å². The molecule has 0 aromatic carbocycles. The normalized spacial score (nSPS) is 14.6. The van der Waals surface area contributed by atoms with E-state index in [4.69, 9.17) is 4.74 Å². The number of rotatable bonds is 9. The zero-order valence-electron chi connectivity index (χ0n) is 17.9. The maximum atomic E-state index is 12.4. The molecule has 1 amide bonds. The van der Waals surface area contributed by atoms with E-state index >= 15 is 0 Å². The van der Waals surface area contributed by atoms with Crippen molar-refractivity contribution in [2.75, 3.05) is 17.7 Å². The minimum Gasteiger partial charge on any atom is -0.462 e. The number of carbonyl (C=O) groups excluding carboxylic acids is 2. The summed E-state index contributed by atoms with van der Waals surface area (Å²) in [5.41, 5.74) is 0.404. The van der Waals surface area contributed by atoms with E-state index in [1.807, 2.05) is 18.5 Å². The highest BCUT2D eigenvalue weighted by Crippen LogP contribution is 2.29. The second-order valence-electron chi connectivity index (χ2n) is 7.66. The summed E-state index contributed by atoms with van der Waals surface area (Å²) in [6, 6.07) is 1.74. The molecular weight excluding hydrogens is 420 g/mol.